The van der Waals surface area contributed by atoms with Crippen LogP contribution in [0.5, 0.6) is 11.5 Å². The molecule has 2 aromatic rings. The Morgan fingerprint density at radius 3 is 2.57 bits per heavy atom. The highest BCUT2D eigenvalue weighted by Gasteiger charge is 2.24. The molecule has 1 aliphatic heterocycles. The zero-order chi connectivity index (χ0) is 14.5. The Labute approximate surface area is 124 Å². The molecule has 1 aliphatic rings. The van der Waals surface area contributed by atoms with Gasteiger partial charge in [-0.15, -0.1) is 0 Å². The van der Waals surface area contributed by atoms with Gasteiger partial charge in [-0.2, -0.15) is 0 Å². The van der Waals surface area contributed by atoms with Gasteiger partial charge in [-0.25, -0.2) is 0 Å². The molecule has 1 saturated heterocycles. The van der Waals surface area contributed by atoms with E-state index < -0.39 is 0 Å². The number of piperidine rings is 1. The third-order valence-corrected chi connectivity index (χ3v) is 3.79. The molecular formula is C18H19NO2. The number of rotatable bonds is 4. The van der Waals surface area contributed by atoms with Crippen LogP contribution in [0.1, 0.15) is 23.2 Å². The zero-order valence-electron chi connectivity index (χ0n) is 11.9. The summed E-state index contributed by atoms with van der Waals surface area (Å²) in [6.45, 7) is 1.77. The molecule has 3 heteroatoms. The van der Waals surface area contributed by atoms with Gasteiger partial charge in [-0.3, -0.25) is 4.79 Å². The first-order chi connectivity index (χ1) is 10.3. The minimum atomic E-state index is 0.0549. The highest BCUT2D eigenvalue weighted by Crippen LogP contribution is 2.28. The number of carbonyl (C=O) groups excluding carboxylic acids is 1. The lowest BCUT2D eigenvalue weighted by Gasteiger charge is -2.22. The molecule has 0 bridgehead atoms. The molecule has 0 aromatic heterocycles. The van der Waals surface area contributed by atoms with Crippen LogP contribution in [0.3, 0.4) is 0 Å². The molecule has 2 aromatic carbocycles. The van der Waals surface area contributed by atoms with Crippen molar-refractivity contribution in [3.8, 4) is 11.5 Å². The monoisotopic (exact) mass is 281 g/mol. The molecular weight excluding hydrogens is 262 g/mol. The molecule has 0 spiro atoms. The first kappa shape index (κ1) is 13.8. The van der Waals surface area contributed by atoms with Crippen molar-refractivity contribution in [3.63, 3.8) is 0 Å². The van der Waals surface area contributed by atoms with Crippen LogP contribution in [0.4, 0.5) is 0 Å². The topological polar surface area (TPSA) is 38.3 Å². The van der Waals surface area contributed by atoms with Crippen LogP contribution >= 0.6 is 0 Å². The molecule has 0 aliphatic carbocycles. The summed E-state index contributed by atoms with van der Waals surface area (Å²) in [5.41, 5.74) is 0.676. The van der Waals surface area contributed by atoms with Crippen molar-refractivity contribution in [2.45, 2.75) is 12.8 Å². The van der Waals surface area contributed by atoms with Crippen LogP contribution < -0.4 is 10.1 Å². The Morgan fingerprint density at radius 1 is 1.05 bits per heavy atom. The van der Waals surface area contributed by atoms with Crippen molar-refractivity contribution >= 4 is 5.78 Å². The summed E-state index contributed by atoms with van der Waals surface area (Å²) in [4.78, 5) is 12.7. The van der Waals surface area contributed by atoms with Crippen LogP contribution in [0.2, 0.25) is 0 Å². The van der Waals surface area contributed by atoms with Gasteiger partial charge in [-0.05, 0) is 43.7 Å². The molecule has 1 fully saturated rings. The molecule has 1 atom stereocenters. The summed E-state index contributed by atoms with van der Waals surface area (Å²) in [7, 11) is 0. The lowest BCUT2D eigenvalue weighted by atomic mass is 9.90. The van der Waals surface area contributed by atoms with Crippen molar-refractivity contribution in [3.05, 3.63) is 60.2 Å². The van der Waals surface area contributed by atoms with E-state index in [2.05, 4.69) is 5.32 Å². The van der Waals surface area contributed by atoms with Gasteiger partial charge in [0, 0.05) is 12.5 Å². The van der Waals surface area contributed by atoms with Crippen molar-refractivity contribution < 1.29 is 9.53 Å². The summed E-state index contributed by atoms with van der Waals surface area (Å²) in [5.74, 6) is 1.62. The normalized spacial score (nSPS) is 18.2. The fraction of sp³-hybridized carbons (Fsp3) is 0.278. The van der Waals surface area contributed by atoms with Crippen LogP contribution in [0.25, 0.3) is 0 Å². The lowest BCUT2D eigenvalue weighted by molar-refractivity contribution is 0.0897. The van der Waals surface area contributed by atoms with Gasteiger partial charge in [-0.1, -0.05) is 30.3 Å². The number of para-hydroxylation sites is 2. The van der Waals surface area contributed by atoms with E-state index in [4.69, 9.17) is 4.74 Å². The largest absolute Gasteiger partial charge is 0.457 e. The quantitative estimate of drug-likeness (QED) is 0.869. The molecule has 1 unspecified atom stereocenters. The van der Waals surface area contributed by atoms with E-state index in [0.717, 1.165) is 31.7 Å². The predicted molar refractivity (Wildman–Crippen MR) is 82.9 cm³/mol. The van der Waals surface area contributed by atoms with E-state index in [1.165, 1.54) is 0 Å². The Kier molecular flexibility index (Phi) is 4.31. The van der Waals surface area contributed by atoms with Crippen LogP contribution in [-0.2, 0) is 0 Å². The van der Waals surface area contributed by atoms with E-state index >= 15 is 0 Å². The summed E-state index contributed by atoms with van der Waals surface area (Å²) >= 11 is 0. The second-order valence-electron chi connectivity index (χ2n) is 5.32. The minimum Gasteiger partial charge on any atom is -0.457 e. The van der Waals surface area contributed by atoms with Crippen molar-refractivity contribution in [1.29, 1.82) is 0 Å². The van der Waals surface area contributed by atoms with E-state index in [-0.39, 0.29) is 11.7 Å². The zero-order valence-corrected chi connectivity index (χ0v) is 11.9. The van der Waals surface area contributed by atoms with Crippen LogP contribution in [-0.4, -0.2) is 18.9 Å². The van der Waals surface area contributed by atoms with E-state index in [0.29, 0.717) is 11.3 Å². The molecule has 0 saturated carbocycles. The summed E-state index contributed by atoms with van der Waals surface area (Å²) < 4.78 is 5.88. The van der Waals surface area contributed by atoms with Gasteiger partial charge in [0.15, 0.2) is 5.78 Å². The molecule has 3 rings (SSSR count). The van der Waals surface area contributed by atoms with Crippen molar-refractivity contribution in [2.24, 2.45) is 5.92 Å². The van der Waals surface area contributed by atoms with Crippen molar-refractivity contribution in [1.82, 2.24) is 5.32 Å². The number of carbonyl (C=O) groups is 1. The Balaban J connectivity index is 1.83. The average molecular weight is 281 g/mol. The fourth-order valence-corrected chi connectivity index (χ4v) is 2.67. The highest BCUT2D eigenvalue weighted by molar-refractivity contribution is 6.00. The maximum absolute atomic E-state index is 12.7. The third-order valence-electron chi connectivity index (χ3n) is 3.79. The number of nitrogens with one attached hydrogen (secondary N) is 1. The van der Waals surface area contributed by atoms with Gasteiger partial charge in [0.1, 0.15) is 11.5 Å². The number of hydrogen-bond acceptors (Lipinski definition) is 3. The maximum Gasteiger partial charge on any atom is 0.170 e. The first-order valence-electron chi connectivity index (χ1n) is 7.41. The van der Waals surface area contributed by atoms with Gasteiger partial charge >= 0.3 is 0 Å². The number of hydrogen-bond donors (Lipinski definition) is 1. The Bertz CT molecular complexity index is 604. The number of ketones is 1. The first-order valence-corrected chi connectivity index (χ1v) is 7.41. The van der Waals surface area contributed by atoms with Crippen LogP contribution in [0, 0.1) is 5.92 Å². The van der Waals surface area contributed by atoms with Crippen LogP contribution in [0.15, 0.2) is 54.6 Å². The van der Waals surface area contributed by atoms with E-state index in [1.807, 2.05) is 54.6 Å². The SMILES string of the molecule is O=C(c1ccccc1Oc1ccccc1)C1CCCNC1. The molecule has 21 heavy (non-hydrogen) atoms. The number of benzene rings is 2. The minimum absolute atomic E-state index is 0.0549. The third kappa shape index (κ3) is 3.31. The second-order valence-corrected chi connectivity index (χ2v) is 5.32. The smallest absolute Gasteiger partial charge is 0.170 e. The van der Waals surface area contributed by atoms with Gasteiger partial charge in [0.2, 0.25) is 0 Å². The molecule has 1 N–H and O–H groups in total. The van der Waals surface area contributed by atoms with Gasteiger partial charge in [0.05, 0.1) is 5.56 Å². The Morgan fingerprint density at radius 2 is 1.81 bits per heavy atom. The van der Waals surface area contributed by atoms with Gasteiger partial charge < -0.3 is 10.1 Å². The second kappa shape index (κ2) is 6.55. The molecule has 1 heterocycles. The highest BCUT2D eigenvalue weighted by atomic mass is 16.5. The molecule has 0 radical (unpaired) electrons. The number of Topliss-reactive ketones (excluding diaryl/α,β-unsaturated/α-hetero) is 1. The summed E-state index contributed by atoms with van der Waals surface area (Å²) in [5, 5.41) is 3.29. The molecule has 108 valence electrons. The molecule has 3 nitrogen and oxygen atoms in total. The lowest BCUT2D eigenvalue weighted by Crippen LogP contribution is -2.34. The maximum atomic E-state index is 12.7. The average Bonchev–Trinajstić information content (AvgIpc) is 2.56. The van der Waals surface area contributed by atoms with Crippen molar-refractivity contribution in [2.75, 3.05) is 13.1 Å². The van der Waals surface area contributed by atoms with E-state index in [9.17, 15) is 4.79 Å². The fourth-order valence-electron chi connectivity index (χ4n) is 2.67. The summed E-state index contributed by atoms with van der Waals surface area (Å²) in [6, 6.07) is 17.1. The predicted octanol–water partition coefficient (Wildman–Crippen LogP) is 3.66. The summed E-state index contributed by atoms with van der Waals surface area (Å²) in [6.07, 6.45) is 2.00. The van der Waals surface area contributed by atoms with Gasteiger partial charge in [0.25, 0.3) is 0 Å². The standard InChI is InChI=1S/C18H19NO2/c20-18(14-7-6-12-19-13-14)16-10-4-5-11-17(16)21-15-8-2-1-3-9-15/h1-5,8-11,14,19H,6-7,12-13H2. The number of ether oxygens (including phenoxy) is 1. The Hall–Kier alpha value is -2.13. The molecule has 0 amide bonds. The van der Waals surface area contributed by atoms with E-state index in [1.54, 1.807) is 0 Å².